The molecule has 0 aliphatic heterocycles. The molecule has 0 aliphatic carbocycles. The lowest BCUT2D eigenvalue weighted by molar-refractivity contribution is -0.870. The Labute approximate surface area is 546 Å². The van der Waals surface area contributed by atoms with Crippen molar-refractivity contribution in [3.63, 3.8) is 0 Å². The number of carbonyl (C=O) groups is 3. The van der Waals surface area contributed by atoms with Crippen molar-refractivity contribution in [2.45, 2.75) is 283 Å². The van der Waals surface area contributed by atoms with Crippen molar-refractivity contribution in [2.75, 3.05) is 47.5 Å². The van der Waals surface area contributed by atoms with Gasteiger partial charge in [0.1, 0.15) is 13.2 Å². The molecule has 0 rings (SSSR count). The molecule has 0 saturated carbocycles. The number of carboxylic acid groups (broad SMARTS) is 1. The van der Waals surface area contributed by atoms with Gasteiger partial charge in [-0.25, -0.2) is 0 Å². The van der Waals surface area contributed by atoms with Crippen LogP contribution in [0.1, 0.15) is 271 Å². The first-order chi connectivity index (χ1) is 43.6. The number of nitrogens with zero attached hydrogens (tertiary/aromatic N) is 1. The number of ether oxygens (including phenoxy) is 4. The van der Waals surface area contributed by atoms with E-state index in [4.69, 9.17) is 18.9 Å². The number of hydrogen-bond donors (Lipinski definition) is 0. The number of hydrogen-bond acceptors (Lipinski definition) is 8. The minimum Gasteiger partial charge on any atom is -0.545 e. The molecule has 504 valence electrons. The number of quaternary nitrogens is 1. The lowest BCUT2D eigenvalue weighted by Gasteiger charge is -2.26. The highest BCUT2D eigenvalue weighted by Crippen LogP contribution is 2.16. The van der Waals surface area contributed by atoms with Gasteiger partial charge in [0.2, 0.25) is 0 Å². The van der Waals surface area contributed by atoms with Crippen LogP contribution >= 0.6 is 0 Å². The van der Waals surface area contributed by atoms with Gasteiger partial charge in [0.05, 0.1) is 40.3 Å². The van der Waals surface area contributed by atoms with Crippen LogP contribution in [0.5, 0.6) is 0 Å². The summed E-state index contributed by atoms with van der Waals surface area (Å²) in [4.78, 5) is 37.5. The number of carbonyl (C=O) groups excluding carboxylic acids is 3. The average Bonchev–Trinajstić information content (AvgIpc) is 3.64. The zero-order chi connectivity index (χ0) is 64.7. The van der Waals surface area contributed by atoms with Gasteiger partial charge in [-0.15, -0.1) is 0 Å². The summed E-state index contributed by atoms with van der Waals surface area (Å²) < 4.78 is 22.7. The molecule has 0 aromatic carbocycles. The predicted molar refractivity (Wildman–Crippen MR) is 379 cm³/mol. The highest BCUT2D eigenvalue weighted by Gasteiger charge is 2.22. The van der Waals surface area contributed by atoms with E-state index in [1.54, 1.807) is 0 Å². The van der Waals surface area contributed by atoms with Gasteiger partial charge in [-0.3, -0.25) is 9.59 Å². The lowest BCUT2D eigenvalue weighted by Crippen LogP contribution is -2.44. The number of likely N-dealkylation sites (N-methyl/N-ethyl adjacent to an activating group) is 1. The molecule has 0 saturated heterocycles. The first-order valence-corrected chi connectivity index (χ1v) is 35.6. The molecular formula is C80H131NO8. The normalized spacial score (nSPS) is 13.7. The summed E-state index contributed by atoms with van der Waals surface area (Å²) in [5.74, 6) is -2.35. The maximum absolute atomic E-state index is 12.9. The van der Waals surface area contributed by atoms with Crippen LogP contribution in [-0.2, 0) is 33.3 Å². The van der Waals surface area contributed by atoms with E-state index in [1.807, 2.05) is 21.1 Å². The highest BCUT2D eigenvalue weighted by atomic mass is 16.7. The molecular weight excluding hydrogens is 1100 g/mol. The Morgan fingerprint density at radius 2 is 0.640 bits per heavy atom. The fraction of sp³-hybridized carbons (Fsp3) is 0.637. The zero-order valence-corrected chi connectivity index (χ0v) is 57.5. The molecule has 0 amide bonds. The fourth-order valence-corrected chi connectivity index (χ4v) is 9.34. The predicted octanol–water partition coefficient (Wildman–Crippen LogP) is 21.1. The molecule has 0 N–H and O–H groups in total. The summed E-state index contributed by atoms with van der Waals surface area (Å²) in [5.41, 5.74) is 0. The molecule has 2 atom stereocenters. The fourth-order valence-electron chi connectivity index (χ4n) is 9.34. The number of unbranched alkanes of at least 4 members (excludes halogenated alkanes) is 23. The summed E-state index contributed by atoms with van der Waals surface area (Å²) in [7, 11) is 5.91. The van der Waals surface area contributed by atoms with Gasteiger partial charge >= 0.3 is 11.9 Å². The van der Waals surface area contributed by atoms with Crippen LogP contribution in [-0.4, -0.2) is 82.3 Å². The van der Waals surface area contributed by atoms with Gasteiger partial charge in [0, 0.05) is 12.8 Å². The maximum atomic E-state index is 12.9. The van der Waals surface area contributed by atoms with Crippen molar-refractivity contribution in [1.29, 1.82) is 0 Å². The first kappa shape index (κ1) is 83.9. The molecule has 9 nitrogen and oxygen atoms in total. The van der Waals surface area contributed by atoms with E-state index in [9.17, 15) is 19.5 Å². The maximum Gasteiger partial charge on any atom is 0.306 e. The largest absolute Gasteiger partial charge is 0.545 e. The van der Waals surface area contributed by atoms with Gasteiger partial charge in [-0.2, -0.15) is 0 Å². The van der Waals surface area contributed by atoms with Gasteiger partial charge in [0.15, 0.2) is 12.4 Å². The highest BCUT2D eigenvalue weighted by molar-refractivity contribution is 5.70. The second-order valence-corrected chi connectivity index (χ2v) is 24.4. The molecule has 2 unspecified atom stereocenters. The van der Waals surface area contributed by atoms with E-state index >= 15 is 0 Å². The Morgan fingerprint density at radius 1 is 0.348 bits per heavy atom. The van der Waals surface area contributed by atoms with Crippen molar-refractivity contribution >= 4 is 17.9 Å². The van der Waals surface area contributed by atoms with Crippen molar-refractivity contribution < 1.29 is 42.9 Å². The molecule has 0 bridgehead atoms. The molecule has 0 aromatic heterocycles. The van der Waals surface area contributed by atoms with Crippen molar-refractivity contribution in [2.24, 2.45) is 0 Å². The topological polar surface area (TPSA) is 111 Å². The van der Waals surface area contributed by atoms with Gasteiger partial charge in [-0.1, -0.05) is 287 Å². The van der Waals surface area contributed by atoms with E-state index in [0.29, 0.717) is 17.4 Å². The van der Waals surface area contributed by atoms with Crippen molar-refractivity contribution in [1.82, 2.24) is 0 Å². The van der Waals surface area contributed by atoms with Crippen molar-refractivity contribution in [3.8, 4) is 0 Å². The number of allylic oxidation sites excluding steroid dienone is 26. The quantitative estimate of drug-likeness (QED) is 0.0195. The first-order valence-electron chi connectivity index (χ1n) is 35.6. The van der Waals surface area contributed by atoms with Crippen LogP contribution in [0.25, 0.3) is 0 Å². The SMILES string of the molecule is CC/C=C\C/C=C\C/C=C\C/C=C\C/C=C\C/C=C\C/C=C\C/C=C\C/C=C\C/C=C\CCCCC(=O)OC(COC(=O)CCCCCCCCCCCCCCCCCC/C=C\C/C=C\C/C=C\CCCCCCC)COC(OCC[N+](C)(C)C)C(=O)[O-]. The van der Waals surface area contributed by atoms with Gasteiger partial charge in [0.25, 0.3) is 0 Å². The summed E-state index contributed by atoms with van der Waals surface area (Å²) in [6, 6.07) is 0. The number of aliphatic carboxylic acids is 1. The second kappa shape index (κ2) is 68.8. The summed E-state index contributed by atoms with van der Waals surface area (Å²) >= 11 is 0. The Balaban J connectivity index is 4.24. The third-order valence-corrected chi connectivity index (χ3v) is 14.8. The standard InChI is InChI=1S/C80H131NO8/c1-6-8-10-12-14-16-18-20-22-24-26-28-30-32-34-36-38-39-41-43-45-47-49-51-53-55-57-59-61-63-65-67-69-71-78(83)89-76(75-88-80(79(84)85)86-73-72-81(3,4)5)74-87-77(82)70-68-66-64-62-60-58-56-54-52-50-48-46-44-42-40-37-35-33-31-29-27-25-23-21-19-17-15-13-11-9-7-2/h8,10,14,16,19-22,25-28,31-34,38-39,43,45,49,51,55,57,61,63,76,80H,6-7,9,11-13,15,17-18,23-24,29-30,35-37,40-42,44,46-48,50,52-54,56,58-60,62,64-75H2,1-5H3/b10-8-,16-14-,21-19-,22-20-,27-25-,28-26-,33-31-,34-32-,39-38-,45-43-,51-49-,57-55-,63-61-. The van der Waals surface area contributed by atoms with Gasteiger partial charge in [-0.05, 0) is 128 Å². The van der Waals surface area contributed by atoms with Crippen LogP contribution in [0.4, 0.5) is 0 Å². The zero-order valence-electron chi connectivity index (χ0n) is 57.5. The minimum atomic E-state index is -1.64. The van der Waals surface area contributed by atoms with E-state index < -0.39 is 24.3 Å². The van der Waals surface area contributed by atoms with E-state index in [1.165, 1.54) is 128 Å². The molecule has 9 heteroatoms. The molecule has 0 aromatic rings. The number of carboxylic acids is 1. The Hall–Kier alpha value is -5.09. The van der Waals surface area contributed by atoms with Crippen LogP contribution < -0.4 is 5.11 Å². The third-order valence-electron chi connectivity index (χ3n) is 14.8. The van der Waals surface area contributed by atoms with Crippen LogP contribution in [0.2, 0.25) is 0 Å². The molecule has 0 spiro atoms. The molecule has 0 aliphatic rings. The number of rotatable bonds is 64. The summed E-state index contributed by atoms with van der Waals surface area (Å²) in [5, 5.41) is 11.8. The summed E-state index contributed by atoms with van der Waals surface area (Å²) in [6.45, 7) is 4.57. The van der Waals surface area contributed by atoms with Crippen LogP contribution in [0.15, 0.2) is 158 Å². The Morgan fingerprint density at radius 3 is 0.978 bits per heavy atom. The monoisotopic (exact) mass is 1230 g/mol. The molecule has 0 heterocycles. The smallest absolute Gasteiger partial charge is 0.306 e. The van der Waals surface area contributed by atoms with E-state index in [-0.39, 0.29) is 38.6 Å². The lowest BCUT2D eigenvalue weighted by atomic mass is 10.0. The van der Waals surface area contributed by atoms with Crippen LogP contribution in [0, 0.1) is 0 Å². The number of esters is 2. The summed E-state index contributed by atoms with van der Waals surface area (Å²) in [6.07, 6.45) is 99.0. The minimum absolute atomic E-state index is 0.131. The van der Waals surface area contributed by atoms with E-state index in [0.717, 1.165) is 109 Å². The molecule has 89 heavy (non-hydrogen) atoms. The Kier molecular flexibility index (Phi) is 64.9. The molecule has 0 radical (unpaired) electrons. The molecule has 0 fully saturated rings. The van der Waals surface area contributed by atoms with Gasteiger partial charge < -0.3 is 33.3 Å². The van der Waals surface area contributed by atoms with Crippen molar-refractivity contribution in [3.05, 3.63) is 158 Å². The third kappa shape index (κ3) is 70.2. The van der Waals surface area contributed by atoms with E-state index in [2.05, 4.69) is 172 Å². The Bertz CT molecular complexity index is 2020. The average molecular weight is 1230 g/mol. The second-order valence-electron chi connectivity index (χ2n) is 24.4. The van der Waals surface area contributed by atoms with Crippen LogP contribution in [0.3, 0.4) is 0 Å².